The molecule has 2 rings (SSSR count). The van der Waals surface area contributed by atoms with Gasteiger partial charge in [0.05, 0.1) is 6.61 Å². The lowest BCUT2D eigenvalue weighted by Gasteiger charge is -2.20. The smallest absolute Gasteiger partial charge is 0.120 e. The number of aromatic hydroxyl groups is 1. The molecule has 1 fully saturated rings. The van der Waals surface area contributed by atoms with Crippen LogP contribution in [0.4, 0.5) is 0 Å². The minimum Gasteiger partial charge on any atom is -0.508 e. The molecule has 1 saturated heterocycles. The van der Waals surface area contributed by atoms with E-state index >= 15 is 0 Å². The van der Waals surface area contributed by atoms with Crippen LogP contribution >= 0.6 is 0 Å². The highest BCUT2D eigenvalue weighted by atomic mass is 16.5. The van der Waals surface area contributed by atoms with Gasteiger partial charge in [-0.3, -0.25) is 0 Å². The maximum atomic E-state index is 10.0. The third-order valence-electron chi connectivity index (χ3n) is 3.09. The summed E-state index contributed by atoms with van der Waals surface area (Å²) in [4.78, 5) is 0. The third kappa shape index (κ3) is 3.19. The highest BCUT2D eigenvalue weighted by molar-refractivity contribution is 5.35. The van der Waals surface area contributed by atoms with E-state index in [9.17, 15) is 10.2 Å². The summed E-state index contributed by atoms with van der Waals surface area (Å²) in [5.74, 6) is 0.290. The van der Waals surface area contributed by atoms with Crippen LogP contribution in [0.25, 0.3) is 0 Å². The fraction of sp³-hybridized carbons (Fsp3) is 0.538. The van der Waals surface area contributed by atoms with Crippen LogP contribution in [-0.4, -0.2) is 35.6 Å². The van der Waals surface area contributed by atoms with Crippen LogP contribution in [0, 0.1) is 6.92 Å². The fourth-order valence-electron chi connectivity index (χ4n) is 2.02. The minimum absolute atomic E-state index is 0.290. The lowest BCUT2D eigenvalue weighted by atomic mass is 10.0. The van der Waals surface area contributed by atoms with Gasteiger partial charge in [-0.15, -0.1) is 0 Å². The van der Waals surface area contributed by atoms with E-state index in [1.165, 1.54) is 0 Å². The maximum Gasteiger partial charge on any atom is 0.120 e. The molecule has 4 heteroatoms. The molecular formula is C13H19NO3. The Morgan fingerprint density at radius 1 is 1.47 bits per heavy atom. The van der Waals surface area contributed by atoms with Crippen molar-refractivity contribution in [3.63, 3.8) is 0 Å². The second-order valence-electron chi connectivity index (χ2n) is 4.76. The van der Waals surface area contributed by atoms with E-state index in [-0.39, 0.29) is 5.75 Å². The lowest BCUT2D eigenvalue weighted by Crippen LogP contribution is -2.40. The summed E-state index contributed by atoms with van der Waals surface area (Å²) in [6.45, 7) is 4.03. The topological polar surface area (TPSA) is 61.7 Å². The molecule has 0 aromatic heterocycles. The van der Waals surface area contributed by atoms with E-state index in [0.29, 0.717) is 32.7 Å². The number of phenolic OH excluding ortho intramolecular Hbond substituents is 1. The van der Waals surface area contributed by atoms with Gasteiger partial charge in [-0.2, -0.15) is 0 Å². The quantitative estimate of drug-likeness (QED) is 0.729. The van der Waals surface area contributed by atoms with Gasteiger partial charge in [0.1, 0.15) is 11.4 Å². The van der Waals surface area contributed by atoms with Crippen molar-refractivity contribution in [2.24, 2.45) is 0 Å². The Balaban J connectivity index is 1.87. The van der Waals surface area contributed by atoms with E-state index in [1.807, 2.05) is 19.1 Å². The molecular weight excluding hydrogens is 218 g/mol. The van der Waals surface area contributed by atoms with Crippen LogP contribution in [0.2, 0.25) is 0 Å². The zero-order valence-electron chi connectivity index (χ0n) is 10.1. The lowest BCUT2D eigenvalue weighted by molar-refractivity contribution is 0.0268. The first-order chi connectivity index (χ1) is 8.09. The van der Waals surface area contributed by atoms with Gasteiger partial charge in [0.15, 0.2) is 0 Å². The van der Waals surface area contributed by atoms with Gasteiger partial charge in [-0.25, -0.2) is 0 Å². The molecule has 0 bridgehead atoms. The number of aliphatic hydroxyl groups is 1. The molecule has 0 saturated carbocycles. The number of benzene rings is 1. The van der Waals surface area contributed by atoms with Gasteiger partial charge in [-0.05, 0) is 13.0 Å². The molecule has 17 heavy (non-hydrogen) atoms. The molecule has 4 nitrogen and oxygen atoms in total. The van der Waals surface area contributed by atoms with Gasteiger partial charge >= 0.3 is 0 Å². The SMILES string of the molecule is Cc1ccc(O)c(CNCC2(O)CCOC2)c1. The van der Waals surface area contributed by atoms with Crippen LogP contribution in [0.3, 0.4) is 0 Å². The molecule has 3 N–H and O–H groups in total. The van der Waals surface area contributed by atoms with Crippen molar-refractivity contribution < 1.29 is 14.9 Å². The molecule has 1 aromatic rings. The number of nitrogens with one attached hydrogen (secondary N) is 1. The van der Waals surface area contributed by atoms with E-state index in [4.69, 9.17) is 4.74 Å². The molecule has 1 aliphatic heterocycles. The van der Waals surface area contributed by atoms with Crippen molar-refractivity contribution in [3.8, 4) is 5.75 Å². The number of hydrogen-bond donors (Lipinski definition) is 3. The Labute approximate surface area is 101 Å². The summed E-state index contributed by atoms with van der Waals surface area (Å²) in [7, 11) is 0. The highest BCUT2D eigenvalue weighted by Crippen LogP contribution is 2.20. The van der Waals surface area contributed by atoms with Crippen molar-refractivity contribution in [3.05, 3.63) is 29.3 Å². The predicted octanol–water partition coefficient (Wildman–Crippen LogP) is 0.942. The van der Waals surface area contributed by atoms with Crippen LogP contribution in [-0.2, 0) is 11.3 Å². The fourth-order valence-corrected chi connectivity index (χ4v) is 2.02. The summed E-state index contributed by atoms with van der Waals surface area (Å²) in [5, 5.41) is 22.9. The molecule has 1 atom stereocenters. The number of hydrogen-bond acceptors (Lipinski definition) is 4. The van der Waals surface area contributed by atoms with Crippen molar-refractivity contribution in [1.82, 2.24) is 5.32 Å². The van der Waals surface area contributed by atoms with Crippen molar-refractivity contribution >= 4 is 0 Å². The number of phenols is 1. The van der Waals surface area contributed by atoms with Gasteiger partial charge in [0.25, 0.3) is 0 Å². The average Bonchev–Trinajstić information content (AvgIpc) is 2.71. The molecule has 1 aromatic carbocycles. The Hall–Kier alpha value is -1.10. The maximum absolute atomic E-state index is 10.0. The number of ether oxygens (including phenoxy) is 1. The second-order valence-corrected chi connectivity index (χ2v) is 4.76. The van der Waals surface area contributed by atoms with Gasteiger partial charge in [0.2, 0.25) is 0 Å². The Morgan fingerprint density at radius 2 is 2.29 bits per heavy atom. The monoisotopic (exact) mass is 237 g/mol. The molecule has 1 aliphatic rings. The summed E-state index contributed by atoms with van der Waals surface area (Å²) in [5.41, 5.74) is 1.22. The molecule has 1 heterocycles. The first-order valence-electron chi connectivity index (χ1n) is 5.88. The van der Waals surface area contributed by atoms with Gasteiger partial charge < -0.3 is 20.3 Å². The number of rotatable bonds is 4. The van der Waals surface area contributed by atoms with Crippen molar-refractivity contribution in [1.29, 1.82) is 0 Å². The van der Waals surface area contributed by atoms with Gasteiger partial charge in [-0.1, -0.05) is 17.7 Å². The summed E-state index contributed by atoms with van der Waals surface area (Å²) >= 11 is 0. The zero-order chi connectivity index (χ0) is 12.3. The summed E-state index contributed by atoms with van der Waals surface area (Å²) in [6, 6.07) is 5.51. The van der Waals surface area contributed by atoms with Crippen LogP contribution in [0.5, 0.6) is 5.75 Å². The first-order valence-corrected chi connectivity index (χ1v) is 5.88. The molecule has 0 amide bonds. The van der Waals surface area contributed by atoms with E-state index in [0.717, 1.165) is 11.1 Å². The van der Waals surface area contributed by atoms with E-state index in [1.54, 1.807) is 6.07 Å². The molecule has 1 unspecified atom stereocenters. The highest BCUT2D eigenvalue weighted by Gasteiger charge is 2.31. The summed E-state index contributed by atoms with van der Waals surface area (Å²) < 4.78 is 5.17. The first kappa shape index (κ1) is 12.4. The normalized spacial score (nSPS) is 24.1. The molecule has 94 valence electrons. The molecule has 0 spiro atoms. The van der Waals surface area contributed by atoms with Crippen LogP contribution in [0.1, 0.15) is 17.5 Å². The predicted molar refractivity (Wildman–Crippen MR) is 64.9 cm³/mol. The van der Waals surface area contributed by atoms with Crippen LogP contribution in [0.15, 0.2) is 18.2 Å². The number of aryl methyl sites for hydroxylation is 1. The molecule has 0 radical (unpaired) electrons. The standard InChI is InChI=1S/C13H19NO3/c1-10-2-3-12(15)11(6-10)7-14-8-13(16)4-5-17-9-13/h2-3,6,14-16H,4-5,7-9H2,1H3. The third-order valence-corrected chi connectivity index (χ3v) is 3.09. The van der Waals surface area contributed by atoms with Crippen LogP contribution < -0.4 is 5.32 Å². The van der Waals surface area contributed by atoms with Crippen molar-refractivity contribution in [2.45, 2.75) is 25.5 Å². The van der Waals surface area contributed by atoms with Gasteiger partial charge in [0, 0.05) is 31.7 Å². The largest absolute Gasteiger partial charge is 0.508 e. The summed E-state index contributed by atoms with van der Waals surface area (Å²) in [6.07, 6.45) is 0.666. The Kier molecular flexibility index (Phi) is 3.66. The Bertz CT molecular complexity index is 386. The molecule has 0 aliphatic carbocycles. The minimum atomic E-state index is -0.751. The average molecular weight is 237 g/mol. The zero-order valence-corrected chi connectivity index (χ0v) is 10.1. The van der Waals surface area contributed by atoms with Crippen molar-refractivity contribution in [2.75, 3.05) is 19.8 Å². The Morgan fingerprint density at radius 3 is 3.00 bits per heavy atom. The van der Waals surface area contributed by atoms with E-state index in [2.05, 4.69) is 5.32 Å². The van der Waals surface area contributed by atoms with E-state index < -0.39 is 5.60 Å². The second kappa shape index (κ2) is 5.04.